The van der Waals surface area contributed by atoms with Crippen molar-refractivity contribution in [3.05, 3.63) is 68.2 Å². The minimum absolute atomic E-state index is 0.00345. The van der Waals surface area contributed by atoms with E-state index >= 15 is 0 Å². The molecule has 0 aromatic heterocycles. The molecule has 0 spiro atoms. The second-order valence-electron chi connectivity index (χ2n) is 4.57. The van der Waals surface area contributed by atoms with Gasteiger partial charge in [0.15, 0.2) is 0 Å². The van der Waals surface area contributed by atoms with Crippen LogP contribution in [0.1, 0.15) is 16.7 Å². The first-order chi connectivity index (χ1) is 9.45. The summed E-state index contributed by atoms with van der Waals surface area (Å²) in [5.41, 5.74) is 3.55. The zero-order valence-electron chi connectivity index (χ0n) is 11.1. The number of rotatable bonds is 3. The molecule has 0 radical (unpaired) electrons. The molecule has 2 rings (SSSR count). The number of hydrogen-bond donors (Lipinski definition) is 0. The fourth-order valence-corrected chi connectivity index (χ4v) is 2.08. The Morgan fingerprint density at radius 2 is 1.80 bits per heavy atom. The van der Waals surface area contributed by atoms with Gasteiger partial charge in [-0.25, -0.2) is 0 Å². The van der Waals surface area contributed by atoms with Crippen molar-refractivity contribution in [2.75, 3.05) is 0 Å². The van der Waals surface area contributed by atoms with E-state index in [9.17, 15) is 10.1 Å². The summed E-state index contributed by atoms with van der Waals surface area (Å²) in [6, 6.07) is 10.2. The van der Waals surface area contributed by atoms with Crippen LogP contribution in [-0.2, 0) is 0 Å². The molecule has 0 unspecified atom stereocenters. The average molecular weight is 289 g/mol. The van der Waals surface area contributed by atoms with Crippen LogP contribution >= 0.6 is 11.6 Å². The van der Waals surface area contributed by atoms with E-state index in [4.69, 9.17) is 11.6 Å². The van der Waals surface area contributed by atoms with Crippen molar-refractivity contribution in [1.82, 2.24) is 0 Å². The number of nitro benzene ring substituents is 1. The largest absolute Gasteiger partial charge is 0.270 e. The molecule has 0 saturated heterocycles. The zero-order valence-corrected chi connectivity index (χ0v) is 11.9. The van der Waals surface area contributed by atoms with Gasteiger partial charge in [0, 0.05) is 28.9 Å². The maximum atomic E-state index is 10.7. The van der Waals surface area contributed by atoms with E-state index in [0.29, 0.717) is 10.6 Å². The predicted molar refractivity (Wildman–Crippen MR) is 81.3 cm³/mol. The third-order valence-electron chi connectivity index (χ3n) is 2.75. The van der Waals surface area contributed by atoms with Gasteiger partial charge in [-0.05, 0) is 43.2 Å². The molecule has 102 valence electrons. The number of non-ortho nitro benzene ring substituents is 1. The molecule has 0 amide bonds. The van der Waals surface area contributed by atoms with Gasteiger partial charge in [0.25, 0.3) is 5.69 Å². The van der Waals surface area contributed by atoms with Gasteiger partial charge < -0.3 is 0 Å². The molecule has 20 heavy (non-hydrogen) atoms. The highest BCUT2D eigenvalue weighted by atomic mass is 35.5. The molecule has 0 aliphatic rings. The van der Waals surface area contributed by atoms with Crippen LogP contribution < -0.4 is 0 Å². The van der Waals surface area contributed by atoms with Gasteiger partial charge in [0.2, 0.25) is 0 Å². The van der Waals surface area contributed by atoms with Crippen LogP contribution in [-0.4, -0.2) is 11.1 Å². The summed E-state index contributed by atoms with van der Waals surface area (Å²) in [5.74, 6) is 0. The Morgan fingerprint density at radius 1 is 1.15 bits per heavy atom. The molecule has 2 aromatic rings. The molecule has 0 saturated carbocycles. The second kappa shape index (κ2) is 5.84. The van der Waals surface area contributed by atoms with Gasteiger partial charge in [-0.3, -0.25) is 15.1 Å². The van der Waals surface area contributed by atoms with Crippen LogP contribution in [0.3, 0.4) is 0 Å². The highest BCUT2D eigenvalue weighted by molar-refractivity contribution is 6.33. The van der Waals surface area contributed by atoms with Crippen LogP contribution in [0.25, 0.3) is 0 Å². The lowest BCUT2D eigenvalue weighted by Crippen LogP contribution is -1.90. The zero-order chi connectivity index (χ0) is 14.7. The maximum absolute atomic E-state index is 10.7. The molecular weight excluding hydrogens is 276 g/mol. The van der Waals surface area contributed by atoms with Crippen LogP contribution in [0.5, 0.6) is 0 Å². The van der Waals surface area contributed by atoms with Crippen LogP contribution in [0.2, 0.25) is 5.02 Å². The first kappa shape index (κ1) is 14.2. The van der Waals surface area contributed by atoms with Crippen LogP contribution in [0, 0.1) is 24.0 Å². The lowest BCUT2D eigenvalue weighted by atomic mass is 10.1. The van der Waals surface area contributed by atoms with Crippen LogP contribution in [0.15, 0.2) is 41.4 Å². The van der Waals surface area contributed by atoms with E-state index in [0.717, 1.165) is 16.8 Å². The fourth-order valence-electron chi connectivity index (χ4n) is 1.91. The number of benzene rings is 2. The standard InChI is InChI=1S/C15H13ClN2O2/c1-10-5-11(2)7-13(6-10)17-9-12-8-14(18(19)20)3-4-15(12)16/h3-9H,1-2H3. The van der Waals surface area contributed by atoms with Gasteiger partial charge in [-0.1, -0.05) is 17.7 Å². The summed E-state index contributed by atoms with van der Waals surface area (Å²) < 4.78 is 0. The Morgan fingerprint density at radius 3 is 2.40 bits per heavy atom. The molecule has 0 aliphatic heterocycles. The summed E-state index contributed by atoms with van der Waals surface area (Å²) in [4.78, 5) is 14.6. The monoisotopic (exact) mass is 288 g/mol. The van der Waals surface area contributed by atoms with E-state index < -0.39 is 4.92 Å². The van der Waals surface area contributed by atoms with Gasteiger partial charge >= 0.3 is 0 Å². The molecule has 4 nitrogen and oxygen atoms in total. The van der Waals surface area contributed by atoms with E-state index in [1.54, 1.807) is 6.21 Å². The topological polar surface area (TPSA) is 55.5 Å². The van der Waals surface area contributed by atoms with Crippen molar-refractivity contribution in [2.24, 2.45) is 4.99 Å². The molecule has 0 heterocycles. The minimum atomic E-state index is -0.454. The van der Waals surface area contributed by atoms with Crippen molar-refractivity contribution in [3.63, 3.8) is 0 Å². The van der Waals surface area contributed by atoms with Crippen molar-refractivity contribution in [3.8, 4) is 0 Å². The lowest BCUT2D eigenvalue weighted by Gasteiger charge is -2.01. The molecule has 0 N–H and O–H groups in total. The number of aryl methyl sites for hydroxylation is 2. The Bertz CT molecular complexity index is 676. The number of aliphatic imine (C=N–C) groups is 1. The normalized spacial score (nSPS) is 10.9. The first-order valence-electron chi connectivity index (χ1n) is 6.02. The Kier molecular flexibility index (Phi) is 4.15. The SMILES string of the molecule is Cc1cc(C)cc(N=Cc2cc([N+](=O)[O-])ccc2Cl)c1. The Labute approximate surface area is 121 Å². The molecule has 0 aliphatic carbocycles. The Balaban J connectivity index is 2.35. The molecule has 5 heteroatoms. The van der Waals surface area contributed by atoms with Gasteiger partial charge in [0.05, 0.1) is 10.6 Å². The van der Waals surface area contributed by atoms with Crippen molar-refractivity contribution < 1.29 is 4.92 Å². The van der Waals surface area contributed by atoms with Gasteiger partial charge in [-0.2, -0.15) is 0 Å². The molecule has 2 aromatic carbocycles. The van der Waals surface area contributed by atoms with Crippen molar-refractivity contribution in [2.45, 2.75) is 13.8 Å². The second-order valence-corrected chi connectivity index (χ2v) is 4.97. The average Bonchev–Trinajstić information content (AvgIpc) is 2.36. The Hall–Kier alpha value is -2.20. The van der Waals surface area contributed by atoms with E-state index in [1.165, 1.54) is 18.2 Å². The smallest absolute Gasteiger partial charge is 0.258 e. The number of nitro groups is 1. The maximum Gasteiger partial charge on any atom is 0.270 e. The molecular formula is C15H13ClN2O2. The molecule has 0 fully saturated rings. The summed E-state index contributed by atoms with van der Waals surface area (Å²) in [5, 5.41) is 11.2. The summed E-state index contributed by atoms with van der Waals surface area (Å²) in [7, 11) is 0. The first-order valence-corrected chi connectivity index (χ1v) is 6.40. The van der Waals surface area contributed by atoms with Gasteiger partial charge in [-0.15, -0.1) is 0 Å². The van der Waals surface area contributed by atoms with E-state index in [2.05, 4.69) is 11.1 Å². The quantitative estimate of drug-likeness (QED) is 0.470. The lowest BCUT2D eigenvalue weighted by molar-refractivity contribution is -0.384. The van der Waals surface area contributed by atoms with Crippen molar-refractivity contribution in [1.29, 1.82) is 0 Å². The summed E-state index contributed by atoms with van der Waals surface area (Å²) in [6.07, 6.45) is 1.55. The van der Waals surface area contributed by atoms with Crippen LogP contribution in [0.4, 0.5) is 11.4 Å². The van der Waals surface area contributed by atoms with Crippen molar-refractivity contribution >= 4 is 29.2 Å². The van der Waals surface area contributed by atoms with Gasteiger partial charge in [0.1, 0.15) is 0 Å². The highest BCUT2D eigenvalue weighted by Gasteiger charge is 2.08. The van der Waals surface area contributed by atoms with E-state index in [-0.39, 0.29) is 5.69 Å². The highest BCUT2D eigenvalue weighted by Crippen LogP contribution is 2.22. The summed E-state index contributed by atoms with van der Waals surface area (Å²) in [6.45, 7) is 3.98. The van der Waals surface area contributed by atoms with E-state index in [1.807, 2.05) is 26.0 Å². The summed E-state index contributed by atoms with van der Waals surface area (Å²) >= 11 is 6.02. The predicted octanol–water partition coefficient (Wildman–Crippen LogP) is 4.62. The third-order valence-corrected chi connectivity index (χ3v) is 3.09. The fraction of sp³-hybridized carbons (Fsp3) is 0.133. The molecule has 0 atom stereocenters. The number of halogens is 1. The third kappa shape index (κ3) is 3.42. The molecule has 0 bridgehead atoms. The minimum Gasteiger partial charge on any atom is -0.258 e. The number of hydrogen-bond acceptors (Lipinski definition) is 3. The number of nitrogens with zero attached hydrogens (tertiary/aromatic N) is 2.